The minimum absolute atomic E-state index is 0.0953. The van der Waals surface area contributed by atoms with Crippen LogP contribution in [0.5, 0.6) is 11.5 Å². The smallest absolute Gasteiger partial charge is 0.276 e. The quantitative estimate of drug-likeness (QED) is 0.692. The Bertz CT molecular complexity index is 1120. The van der Waals surface area contributed by atoms with E-state index in [4.69, 9.17) is 9.47 Å². The first-order chi connectivity index (χ1) is 14.1. The average molecular weight is 396 g/mol. The number of benzene rings is 1. The van der Waals surface area contributed by atoms with Crippen LogP contribution in [-0.2, 0) is 24.2 Å². The molecule has 0 atom stereocenters. The van der Waals surface area contributed by atoms with Crippen molar-refractivity contribution in [1.82, 2.24) is 14.2 Å². The maximum atomic E-state index is 12.9. The van der Waals surface area contributed by atoms with E-state index in [0.29, 0.717) is 29.2 Å². The van der Waals surface area contributed by atoms with Crippen LogP contribution in [0.15, 0.2) is 35.4 Å². The Balaban J connectivity index is 1.47. The van der Waals surface area contributed by atoms with Crippen LogP contribution in [0.4, 0.5) is 5.69 Å². The topological polar surface area (TPSA) is 86.9 Å². The Hall–Kier alpha value is -3.29. The minimum Gasteiger partial charge on any atom is -0.493 e. The van der Waals surface area contributed by atoms with Gasteiger partial charge in [-0.15, -0.1) is 0 Å². The van der Waals surface area contributed by atoms with Crippen LogP contribution in [0.1, 0.15) is 30.5 Å². The van der Waals surface area contributed by atoms with Gasteiger partial charge < -0.3 is 19.4 Å². The van der Waals surface area contributed by atoms with E-state index in [2.05, 4.69) is 10.4 Å². The molecule has 1 N–H and O–H groups in total. The van der Waals surface area contributed by atoms with Gasteiger partial charge in [-0.3, -0.25) is 9.59 Å². The summed E-state index contributed by atoms with van der Waals surface area (Å²) in [5.74, 6) is 0.950. The number of rotatable bonds is 6. The van der Waals surface area contributed by atoms with Crippen molar-refractivity contribution in [3.63, 3.8) is 0 Å². The van der Waals surface area contributed by atoms with Gasteiger partial charge in [-0.05, 0) is 37.8 Å². The van der Waals surface area contributed by atoms with Crippen LogP contribution in [0, 0.1) is 0 Å². The highest BCUT2D eigenvalue weighted by molar-refractivity contribution is 5.91. The molecular formula is C21H24N4O4. The van der Waals surface area contributed by atoms with Crippen LogP contribution >= 0.6 is 0 Å². The van der Waals surface area contributed by atoms with E-state index in [1.807, 2.05) is 0 Å². The van der Waals surface area contributed by atoms with Crippen molar-refractivity contribution in [1.29, 1.82) is 0 Å². The van der Waals surface area contributed by atoms with Crippen LogP contribution in [-0.4, -0.2) is 34.3 Å². The average Bonchev–Trinajstić information content (AvgIpc) is 3.12. The lowest BCUT2D eigenvalue weighted by Gasteiger charge is -2.11. The van der Waals surface area contributed by atoms with Crippen LogP contribution in [0.3, 0.4) is 0 Å². The number of fused-ring (bicyclic) bond motifs is 3. The molecule has 3 aromatic rings. The molecule has 0 spiro atoms. The number of aromatic nitrogens is 3. The Kier molecular flexibility index (Phi) is 5.24. The molecule has 0 radical (unpaired) electrons. The standard InChI is InChI=1S/C21H24N4O4/c1-28-17-8-7-14(13-18(17)29-2)22-19(26)9-10-24-11-12-25-20(21(24)27)15-5-3-4-6-16(15)23-25/h7-8,11-13H,3-6,9-10H2,1-2H3,(H,22,26). The fourth-order valence-electron chi connectivity index (χ4n) is 3.79. The van der Waals surface area contributed by atoms with Crippen molar-refractivity contribution in [3.8, 4) is 11.5 Å². The SMILES string of the molecule is COc1ccc(NC(=O)CCn2ccn3nc4c(c3c2=O)CCCC4)cc1OC. The molecule has 4 rings (SSSR count). The van der Waals surface area contributed by atoms with Crippen LogP contribution in [0.25, 0.3) is 5.52 Å². The first kappa shape index (κ1) is 19.0. The molecule has 8 heteroatoms. The van der Waals surface area contributed by atoms with E-state index in [-0.39, 0.29) is 17.9 Å². The van der Waals surface area contributed by atoms with E-state index in [9.17, 15) is 9.59 Å². The predicted molar refractivity (Wildman–Crippen MR) is 109 cm³/mol. The Labute approximate surface area is 168 Å². The highest BCUT2D eigenvalue weighted by atomic mass is 16.5. The zero-order valence-corrected chi connectivity index (χ0v) is 16.6. The molecule has 0 saturated heterocycles. The maximum Gasteiger partial charge on any atom is 0.276 e. The van der Waals surface area contributed by atoms with Crippen molar-refractivity contribution in [2.24, 2.45) is 0 Å². The fourth-order valence-corrected chi connectivity index (χ4v) is 3.79. The van der Waals surface area contributed by atoms with Gasteiger partial charge in [0.25, 0.3) is 5.56 Å². The lowest BCUT2D eigenvalue weighted by molar-refractivity contribution is -0.116. The van der Waals surface area contributed by atoms with E-state index >= 15 is 0 Å². The highest BCUT2D eigenvalue weighted by Crippen LogP contribution is 2.29. The van der Waals surface area contributed by atoms with Gasteiger partial charge in [0, 0.05) is 42.7 Å². The van der Waals surface area contributed by atoms with E-state index < -0.39 is 0 Å². The number of carbonyl (C=O) groups is 1. The van der Waals surface area contributed by atoms with E-state index in [1.54, 1.807) is 53.9 Å². The fraction of sp³-hybridized carbons (Fsp3) is 0.381. The third-order valence-corrected chi connectivity index (χ3v) is 5.28. The number of nitrogens with zero attached hydrogens (tertiary/aromatic N) is 3. The van der Waals surface area contributed by atoms with Crippen LogP contribution in [0.2, 0.25) is 0 Å². The first-order valence-corrected chi connectivity index (χ1v) is 9.72. The summed E-state index contributed by atoms with van der Waals surface area (Å²) in [4.78, 5) is 25.3. The largest absolute Gasteiger partial charge is 0.493 e. The molecule has 1 amide bonds. The van der Waals surface area contributed by atoms with Gasteiger partial charge in [-0.1, -0.05) is 0 Å². The zero-order chi connectivity index (χ0) is 20.4. The van der Waals surface area contributed by atoms with Gasteiger partial charge in [0.05, 0.1) is 19.9 Å². The second-order valence-corrected chi connectivity index (χ2v) is 7.09. The summed E-state index contributed by atoms with van der Waals surface area (Å²) in [6.07, 6.45) is 7.67. The summed E-state index contributed by atoms with van der Waals surface area (Å²) in [6.45, 7) is 0.300. The molecular weight excluding hydrogens is 372 g/mol. The summed E-state index contributed by atoms with van der Waals surface area (Å²) < 4.78 is 13.7. The van der Waals surface area contributed by atoms with Crippen molar-refractivity contribution in [3.05, 3.63) is 52.2 Å². The third kappa shape index (κ3) is 3.70. The van der Waals surface area contributed by atoms with Crippen LogP contribution < -0.4 is 20.3 Å². The van der Waals surface area contributed by atoms with Gasteiger partial charge in [-0.25, -0.2) is 4.52 Å². The zero-order valence-electron chi connectivity index (χ0n) is 16.6. The molecule has 0 aliphatic heterocycles. The van der Waals surface area contributed by atoms with E-state index in [0.717, 1.165) is 36.9 Å². The summed E-state index contributed by atoms with van der Waals surface area (Å²) >= 11 is 0. The number of methoxy groups -OCH3 is 2. The minimum atomic E-state index is -0.181. The molecule has 152 valence electrons. The normalized spacial score (nSPS) is 13.2. The summed E-state index contributed by atoms with van der Waals surface area (Å²) in [6, 6.07) is 5.18. The second-order valence-electron chi connectivity index (χ2n) is 7.09. The Morgan fingerprint density at radius 3 is 2.72 bits per heavy atom. The lowest BCUT2D eigenvalue weighted by atomic mass is 9.97. The summed E-state index contributed by atoms with van der Waals surface area (Å²) in [5, 5.41) is 7.37. The van der Waals surface area contributed by atoms with Gasteiger partial charge >= 0.3 is 0 Å². The first-order valence-electron chi connectivity index (χ1n) is 9.72. The number of anilines is 1. The molecule has 2 aromatic heterocycles. The van der Waals surface area contributed by atoms with Crippen molar-refractivity contribution in [2.75, 3.05) is 19.5 Å². The molecule has 1 aromatic carbocycles. The van der Waals surface area contributed by atoms with Crippen molar-refractivity contribution < 1.29 is 14.3 Å². The molecule has 0 bridgehead atoms. The number of amides is 1. The van der Waals surface area contributed by atoms with E-state index in [1.165, 1.54) is 0 Å². The number of aryl methyl sites for hydroxylation is 3. The Morgan fingerprint density at radius 2 is 1.93 bits per heavy atom. The Morgan fingerprint density at radius 1 is 1.14 bits per heavy atom. The number of hydrogen-bond donors (Lipinski definition) is 1. The highest BCUT2D eigenvalue weighted by Gasteiger charge is 2.19. The van der Waals surface area contributed by atoms with Crippen molar-refractivity contribution in [2.45, 2.75) is 38.6 Å². The number of ether oxygens (including phenoxy) is 2. The second kappa shape index (κ2) is 7.98. The number of hydrogen-bond acceptors (Lipinski definition) is 5. The molecule has 0 unspecified atom stereocenters. The maximum absolute atomic E-state index is 12.9. The molecule has 29 heavy (non-hydrogen) atoms. The molecule has 1 aliphatic rings. The summed E-state index contributed by atoms with van der Waals surface area (Å²) in [5.41, 5.74) is 3.24. The number of nitrogens with one attached hydrogen (secondary N) is 1. The number of carbonyl (C=O) groups excluding carboxylic acids is 1. The predicted octanol–water partition coefficient (Wildman–Crippen LogP) is 2.42. The molecule has 2 heterocycles. The lowest BCUT2D eigenvalue weighted by Crippen LogP contribution is -2.24. The van der Waals surface area contributed by atoms with Crippen molar-refractivity contribution >= 4 is 17.1 Å². The third-order valence-electron chi connectivity index (χ3n) is 5.28. The van der Waals surface area contributed by atoms with Gasteiger partial charge in [0.15, 0.2) is 11.5 Å². The summed E-state index contributed by atoms with van der Waals surface area (Å²) in [7, 11) is 3.10. The molecule has 8 nitrogen and oxygen atoms in total. The molecule has 0 saturated carbocycles. The monoisotopic (exact) mass is 396 g/mol. The van der Waals surface area contributed by atoms with Gasteiger partial charge in [0.1, 0.15) is 5.52 Å². The molecule has 1 aliphatic carbocycles. The van der Waals surface area contributed by atoms with Gasteiger partial charge in [-0.2, -0.15) is 5.10 Å². The molecule has 0 fully saturated rings. The van der Waals surface area contributed by atoms with Gasteiger partial charge in [0.2, 0.25) is 5.91 Å².